The topological polar surface area (TPSA) is 0 Å². The standard InChI is InChI=1S/C14H26/c1-3-8-13(4-2)11-12-14-9-6-5-7-10-14/h3,13-14H,1,4-12H2,2H3. The molecule has 0 bridgehead atoms. The molecule has 0 aromatic rings. The minimum Gasteiger partial charge on any atom is -0.103 e. The van der Waals surface area contributed by atoms with Crippen LogP contribution in [-0.2, 0) is 0 Å². The first-order valence-electron chi connectivity index (χ1n) is 6.47. The Kier molecular flexibility index (Phi) is 5.98. The average Bonchev–Trinajstić information content (AvgIpc) is 2.25. The minimum atomic E-state index is 0.912. The maximum absolute atomic E-state index is 3.84. The van der Waals surface area contributed by atoms with E-state index in [4.69, 9.17) is 0 Å². The van der Waals surface area contributed by atoms with Crippen molar-refractivity contribution < 1.29 is 0 Å². The van der Waals surface area contributed by atoms with Crippen LogP contribution in [0.3, 0.4) is 0 Å². The fraction of sp³-hybridized carbons (Fsp3) is 0.857. The van der Waals surface area contributed by atoms with Gasteiger partial charge in [0.2, 0.25) is 0 Å². The Labute approximate surface area is 89.8 Å². The molecule has 0 aliphatic heterocycles. The molecular formula is C14H26. The quantitative estimate of drug-likeness (QED) is 0.525. The van der Waals surface area contributed by atoms with Crippen LogP contribution in [0, 0.1) is 11.8 Å². The maximum Gasteiger partial charge on any atom is -0.0325 e. The van der Waals surface area contributed by atoms with Gasteiger partial charge in [0.05, 0.1) is 0 Å². The monoisotopic (exact) mass is 194 g/mol. The van der Waals surface area contributed by atoms with Gasteiger partial charge in [-0.05, 0) is 24.7 Å². The van der Waals surface area contributed by atoms with Gasteiger partial charge in [0, 0.05) is 0 Å². The molecule has 1 saturated carbocycles. The van der Waals surface area contributed by atoms with Crippen molar-refractivity contribution in [3.8, 4) is 0 Å². The summed E-state index contributed by atoms with van der Waals surface area (Å²) >= 11 is 0. The zero-order valence-electron chi connectivity index (χ0n) is 9.80. The highest BCUT2D eigenvalue weighted by Crippen LogP contribution is 2.29. The van der Waals surface area contributed by atoms with Crippen LogP contribution in [-0.4, -0.2) is 0 Å². The largest absolute Gasteiger partial charge is 0.103 e. The van der Waals surface area contributed by atoms with Gasteiger partial charge in [-0.2, -0.15) is 0 Å². The van der Waals surface area contributed by atoms with Crippen molar-refractivity contribution in [3.63, 3.8) is 0 Å². The molecule has 14 heavy (non-hydrogen) atoms. The first kappa shape index (κ1) is 11.8. The van der Waals surface area contributed by atoms with Crippen LogP contribution in [0.15, 0.2) is 12.7 Å². The number of allylic oxidation sites excluding steroid dienone is 1. The molecule has 1 atom stereocenters. The molecule has 0 heteroatoms. The molecular weight excluding hydrogens is 168 g/mol. The van der Waals surface area contributed by atoms with E-state index in [0.29, 0.717) is 0 Å². The Morgan fingerprint density at radius 3 is 2.57 bits per heavy atom. The summed E-state index contributed by atoms with van der Waals surface area (Å²) in [5.41, 5.74) is 0. The lowest BCUT2D eigenvalue weighted by molar-refractivity contribution is 0.305. The van der Waals surface area contributed by atoms with E-state index in [1.54, 1.807) is 0 Å². The molecule has 1 aliphatic rings. The SMILES string of the molecule is C=CCC(CC)CCC1CCCCC1. The zero-order valence-corrected chi connectivity index (χ0v) is 9.80. The summed E-state index contributed by atoms with van der Waals surface area (Å²) in [4.78, 5) is 0. The van der Waals surface area contributed by atoms with Crippen LogP contribution in [0.25, 0.3) is 0 Å². The normalized spacial score (nSPS) is 20.6. The van der Waals surface area contributed by atoms with Crippen molar-refractivity contribution >= 4 is 0 Å². The number of hydrogen-bond acceptors (Lipinski definition) is 0. The Morgan fingerprint density at radius 2 is 2.00 bits per heavy atom. The Hall–Kier alpha value is -0.260. The van der Waals surface area contributed by atoms with Crippen molar-refractivity contribution in [2.45, 2.75) is 64.7 Å². The van der Waals surface area contributed by atoms with Crippen LogP contribution >= 0.6 is 0 Å². The summed E-state index contributed by atoms with van der Waals surface area (Å²) in [6.45, 7) is 6.16. The Morgan fingerprint density at radius 1 is 1.29 bits per heavy atom. The van der Waals surface area contributed by atoms with E-state index in [9.17, 15) is 0 Å². The second-order valence-electron chi connectivity index (χ2n) is 4.88. The first-order valence-corrected chi connectivity index (χ1v) is 6.47. The highest BCUT2D eigenvalue weighted by Gasteiger charge is 2.14. The second-order valence-corrected chi connectivity index (χ2v) is 4.88. The maximum atomic E-state index is 3.84. The fourth-order valence-corrected chi connectivity index (χ4v) is 2.67. The van der Waals surface area contributed by atoms with E-state index in [1.807, 2.05) is 0 Å². The molecule has 0 spiro atoms. The van der Waals surface area contributed by atoms with Crippen LogP contribution in [0.4, 0.5) is 0 Å². The molecule has 0 saturated heterocycles. The molecule has 1 fully saturated rings. The van der Waals surface area contributed by atoms with E-state index in [2.05, 4.69) is 19.6 Å². The van der Waals surface area contributed by atoms with E-state index >= 15 is 0 Å². The highest BCUT2D eigenvalue weighted by molar-refractivity contribution is 4.74. The summed E-state index contributed by atoms with van der Waals surface area (Å²) in [5.74, 6) is 1.97. The molecule has 0 amide bonds. The predicted molar refractivity (Wildman–Crippen MR) is 64.4 cm³/mol. The van der Waals surface area contributed by atoms with Crippen LogP contribution < -0.4 is 0 Å². The van der Waals surface area contributed by atoms with Gasteiger partial charge in [0.25, 0.3) is 0 Å². The smallest absolute Gasteiger partial charge is 0.0325 e. The predicted octanol–water partition coefficient (Wildman–Crippen LogP) is 4.95. The molecule has 0 aromatic heterocycles. The summed E-state index contributed by atoms with van der Waals surface area (Å²) in [7, 11) is 0. The second kappa shape index (κ2) is 7.09. The lowest BCUT2D eigenvalue weighted by atomic mass is 9.83. The van der Waals surface area contributed by atoms with Gasteiger partial charge in [-0.3, -0.25) is 0 Å². The number of hydrogen-bond donors (Lipinski definition) is 0. The third-order valence-corrected chi connectivity index (χ3v) is 3.79. The molecule has 0 aromatic carbocycles. The summed E-state index contributed by atoms with van der Waals surface area (Å²) in [5, 5.41) is 0. The molecule has 0 N–H and O–H groups in total. The molecule has 1 aliphatic carbocycles. The van der Waals surface area contributed by atoms with E-state index < -0.39 is 0 Å². The van der Waals surface area contributed by atoms with Gasteiger partial charge >= 0.3 is 0 Å². The third-order valence-electron chi connectivity index (χ3n) is 3.79. The van der Waals surface area contributed by atoms with E-state index in [-0.39, 0.29) is 0 Å². The highest BCUT2D eigenvalue weighted by atomic mass is 14.2. The average molecular weight is 194 g/mol. The van der Waals surface area contributed by atoms with Crippen molar-refractivity contribution in [1.29, 1.82) is 0 Å². The van der Waals surface area contributed by atoms with E-state index in [1.165, 1.54) is 57.8 Å². The summed E-state index contributed by atoms with van der Waals surface area (Å²) in [6, 6.07) is 0. The summed E-state index contributed by atoms with van der Waals surface area (Å²) in [6.07, 6.45) is 15.0. The van der Waals surface area contributed by atoms with Gasteiger partial charge in [-0.25, -0.2) is 0 Å². The lowest BCUT2D eigenvalue weighted by Gasteiger charge is -2.23. The molecule has 0 radical (unpaired) electrons. The van der Waals surface area contributed by atoms with Crippen molar-refractivity contribution in [2.24, 2.45) is 11.8 Å². The lowest BCUT2D eigenvalue weighted by Crippen LogP contribution is -2.08. The Bertz CT molecular complexity index is 142. The van der Waals surface area contributed by atoms with Gasteiger partial charge in [0.1, 0.15) is 0 Å². The van der Waals surface area contributed by atoms with Crippen LogP contribution in [0.2, 0.25) is 0 Å². The van der Waals surface area contributed by atoms with Crippen molar-refractivity contribution in [3.05, 3.63) is 12.7 Å². The number of rotatable bonds is 6. The van der Waals surface area contributed by atoms with Crippen molar-refractivity contribution in [2.75, 3.05) is 0 Å². The molecule has 1 unspecified atom stereocenters. The van der Waals surface area contributed by atoms with Crippen LogP contribution in [0.1, 0.15) is 64.7 Å². The van der Waals surface area contributed by atoms with E-state index in [0.717, 1.165) is 11.8 Å². The molecule has 0 nitrogen and oxygen atoms in total. The molecule has 82 valence electrons. The van der Waals surface area contributed by atoms with Crippen molar-refractivity contribution in [1.82, 2.24) is 0 Å². The molecule has 0 heterocycles. The third kappa shape index (κ3) is 4.30. The van der Waals surface area contributed by atoms with Gasteiger partial charge in [0.15, 0.2) is 0 Å². The van der Waals surface area contributed by atoms with Gasteiger partial charge in [-0.1, -0.05) is 57.9 Å². The zero-order chi connectivity index (χ0) is 10.2. The first-order chi connectivity index (χ1) is 6.86. The minimum absolute atomic E-state index is 0.912. The van der Waals surface area contributed by atoms with Gasteiger partial charge in [-0.15, -0.1) is 6.58 Å². The van der Waals surface area contributed by atoms with Gasteiger partial charge < -0.3 is 0 Å². The summed E-state index contributed by atoms with van der Waals surface area (Å²) < 4.78 is 0. The fourth-order valence-electron chi connectivity index (χ4n) is 2.67. The Balaban J connectivity index is 2.13. The van der Waals surface area contributed by atoms with Crippen LogP contribution in [0.5, 0.6) is 0 Å². The molecule has 1 rings (SSSR count).